The Balaban J connectivity index is 3.70. The summed E-state index contributed by atoms with van der Waals surface area (Å²) in [5, 5.41) is 0. The fourth-order valence-electron chi connectivity index (χ4n) is 1.79. The van der Waals surface area contributed by atoms with E-state index < -0.39 is 0 Å². The number of hydrogen-bond acceptors (Lipinski definition) is 5. The second-order valence-corrected chi connectivity index (χ2v) is 4.83. The lowest BCUT2D eigenvalue weighted by molar-refractivity contribution is -0.148. The smallest absolute Gasteiger partial charge is 0.305 e. The molecule has 20 heavy (non-hydrogen) atoms. The van der Waals surface area contributed by atoms with Crippen LogP contribution in [0.3, 0.4) is 0 Å². The van der Waals surface area contributed by atoms with Crippen molar-refractivity contribution < 1.29 is 23.8 Å². The Morgan fingerprint density at radius 2 is 1.80 bits per heavy atom. The van der Waals surface area contributed by atoms with Crippen molar-refractivity contribution in [3.8, 4) is 0 Å². The SMILES string of the molecule is CCCCOC(=O)CCCC[C@H](CCOC)OC(C)=O. The molecule has 1 atom stereocenters. The van der Waals surface area contributed by atoms with Crippen LogP contribution in [0.15, 0.2) is 0 Å². The molecule has 0 bridgehead atoms. The van der Waals surface area contributed by atoms with Crippen LogP contribution in [0.2, 0.25) is 0 Å². The van der Waals surface area contributed by atoms with Crippen LogP contribution in [0.25, 0.3) is 0 Å². The van der Waals surface area contributed by atoms with E-state index in [-0.39, 0.29) is 18.0 Å². The first-order valence-corrected chi connectivity index (χ1v) is 7.41. The van der Waals surface area contributed by atoms with Crippen LogP contribution < -0.4 is 0 Å². The van der Waals surface area contributed by atoms with Crippen molar-refractivity contribution in [3.05, 3.63) is 0 Å². The molecule has 0 aromatic carbocycles. The molecule has 118 valence electrons. The molecule has 0 spiro atoms. The van der Waals surface area contributed by atoms with Gasteiger partial charge in [0.1, 0.15) is 6.10 Å². The normalized spacial score (nSPS) is 11.9. The van der Waals surface area contributed by atoms with Gasteiger partial charge in [-0.15, -0.1) is 0 Å². The third kappa shape index (κ3) is 12.0. The summed E-state index contributed by atoms with van der Waals surface area (Å²) in [6.45, 7) is 4.55. The van der Waals surface area contributed by atoms with Gasteiger partial charge in [-0.2, -0.15) is 0 Å². The zero-order chi connectivity index (χ0) is 15.2. The van der Waals surface area contributed by atoms with E-state index in [0.717, 1.165) is 32.1 Å². The first-order chi connectivity index (χ1) is 9.60. The van der Waals surface area contributed by atoms with Crippen molar-refractivity contribution in [2.24, 2.45) is 0 Å². The molecule has 0 aliphatic carbocycles. The van der Waals surface area contributed by atoms with Gasteiger partial charge in [0.05, 0.1) is 6.61 Å². The number of carbonyl (C=O) groups excluding carboxylic acids is 2. The first-order valence-electron chi connectivity index (χ1n) is 7.41. The predicted octanol–water partition coefficient (Wildman–Crippen LogP) is 2.86. The van der Waals surface area contributed by atoms with Crippen molar-refractivity contribution >= 4 is 11.9 Å². The van der Waals surface area contributed by atoms with Gasteiger partial charge in [-0.25, -0.2) is 0 Å². The van der Waals surface area contributed by atoms with E-state index in [9.17, 15) is 9.59 Å². The quantitative estimate of drug-likeness (QED) is 0.408. The maximum absolute atomic E-state index is 11.4. The van der Waals surface area contributed by atoms with E-state index in [4.69, 9.17) is 14.2 Å². The van der Waals surface area contributed by atoms with Crippen LogP contribution >= 0.6 is 0 Å². The molecule has 0 heterocycles. The minimum absolute atomic E-state index is 0.122. The van der Waals surface area contributed by atoms with Gasteiger partial charge in [0.15, 0.2) is 0 Å². The van der Waals surface area contributed by atoms with E-state index in [0.29, 0.717) is 26.1 Å². The van der Waals surface area contributed by atoms with Crippen LogP contribution in [-0.2, 0) is 23.8 Å². The van der Waals surface area contributed by atoms with Gasteiger partial charge < -0.3 is 14.2 Å². The van der Waals surface area contributed by atoms with E-state index in [1.807, 2.05) is 0 Å². The maximum atomic E-state index is 11.4. The fourth-order valence-corrected chi connectivity index (χ4v) is 1.79. The molecule has 0 fully saturated rings. The second kappa shape index (κ2) is 12.9. The van der Waals surface area contributed by atoms with Gasteiger partial charge in [-0.05, 0) is 25.7 Å². The maximum Gasteiger partial charge on any atom is 0.305 e. The fraction of sp³-hybridized carbons (Fsp3) is 0.867. The summed E-state index contributed by atoms with van der Waals surface area (Å²) in [6, 6.07) is 0. The summed E-state index contributed by atoms with van der Waals surface area (Å²) >= 11 is 0. The van der Waals surface area contributed by atoms with Gasteiger partial charge in [-0.3, -0.25) is 9.59 Å². The highest BCUT2D eigenvalue weighted by atomic mass is 16.5. The van der Waals surface area contributed by atoms with Crippen molar-refractivity contribution in [1.29, 1.82) is 0 Å². The summed E-state index contributed by atoms with van der Waals surface area (Å²) in [6.07, 6.45) is 5.29. The molecule has 0 saturated heterocycles. The lowest BCUT2D eigenvalue weighted by Gasteiger charge is -2.16. The number of carbonyl (C=O) groups is 2. The molecule has 5 heteroatoms. The average molecular weight is 288 g/mol. The first kappa shape index (κ1) is 18.9. The van der Waals surface area contributed by atoms with Gasteiger partial charge in [0, 0.05) is 33.5 Å². The monoisotopic (exact) mass is 288 g/mol. The third-order valence-corrected chi connectivity index (χ3v) is 2.89. The highest BCUT2D eigenvalue weighted by Gasteiger charge is 2.12. The number of ether oxygens (including phenoxy) is 3. The minimum atomic E-state index is -0.273. The van der Waals surface area contributed by atoms with Crippen LogP contribution in [-0.4, -0.2) is 38.4 Å². The Labute approximate surface area is 122 Å². The molecule has 0 N–H and O–H groups in total. The Morgan fingerprint density at radius 3 is 2.40 bits per heavy atom. The molecule has 5 nitrogen and oxygen atoms in total. The highest BCUT2D eigenvalue weighted by Crippen LogP contribution is 2.11. The molecular formula is C15H28O5. The van der Waals surface area contributed by atoms with Crippen LogP contribution in [0.5, 0.6) is 0 Å². The molecule has 0 radical (unpaired) electrons. The molecule has 0 rings (SSSR count). The molecule has 0 aliphatic heterocycles. The molecule has 0 aliphatic rings. The van der Waals surface area contributed by atoms with Gasteiger partial charge >= 0.3 is 11.9 Å². The van der Waals surface area contributed by atoms with Crippen LogP contribution in [0, 0.1) is 0 Å². The topological polar surface area (TPSA) is 61.8 Å². The lowest BCUT2D eigenvalue weighted by atomic mass is 10.1. The zero-order valence-electron chi connectivity index (χ0n) is 13.0. The van der Waals surface area contributed by atoms with Gasteiger partial charge in [-0.1, -0.05) is 13.3 Å². The summed E-state index contributed by atoms with van der Waals surface area (Å²) in [4.78, 5) is 22.4. The zero-order valence-corrected chi connectivity index (χ0v) is 13.0. The van der Waals surface area contributed by atoms with E-state index >= 15 is 0 Å². The van der Waals surface area contributed by atoms with Gasteiger partial charge in [0.2, 0.25) is 0 Å². The predicted molar refractivity (Wildman–Crippen MR) is 76.4 cm³/mol. The van der Waals surface area contributed by atoms with Crippen LogP contribution in [0.4, 0.5) is 0 Å². The summed E-state index contributed by atoms with van der Waals surface area (Å²) in [7, 11) is 1.62. The standard InChI is InChI=1S/C15H28O5/c1-4-5-11-19-15(17)9-7-6-8-14(10-12-18-3)20-13(2)16/h14H,4-12H2,1-3H3/t14-/m1/s1. The summed E-state index contributed by atoms with van der Waals surface area (Å²) in [5.41, 5.74) is 0. The Hall–Kier alpha value is -1.10. The van der Waals surface area contributed by atoms with E-state index in [1.54, 1.807) is 7.11 Å². The highest BCUT2D eigenvalue weighted by molar-refractivity contribution is 5.69. The summed E-state index contributed by atoms with van der Waals surface area (Å²) < 4.78 is 15.3. The average Bonchev–Trinajstić information content (AvgIpc) is 2.40. The number of unbranched alkanes of at least 4 members (excludes halogenated alkanes) is 2. The van der Waals surface area contributed by atoms with Crippen molar-refractivity contribution in [1.82, 2.24) is 0 Å². The van der Waals surface area contributed by atoms with Crippen molar-refractivity contribution in [3.63, 3.8) is 0 Å². The van der Waals surface area contributed by atoms with Gasteiger partial charge in [0.25, 0.3) is 0 Å². The molecule has 0 amide bonds. The van der Waals surface area contributed by atoms with E-state index in [2.05, 4.69) is 6.92 Å². The third-order valence-electron chi connectivity index (χ3n) is 2.89. The molecule has 0 unspecified atom stereocenters. The molecular weight excluding hydrogens is 260 g/mol. The number of rotatable bonds is 12. The minimum Gasteiger partial charge on any atom is -0.466 e. The summed E-state index contributed by atoms with van der Waals surface area (Å²) in [5.74, 6) is -0.413. The Kier molecular flexibility index (Phi) is 12.2. The Bertz CT molecular complexity index is 265. The van der Waals surface area contributed by atoms with Crippen LogP contribution in [0.1, 0.15) is 58.8 Å². The Morgan fingerprint density at radius 1 is 1.05 bits per heavy atom. The van der Waals surface area contributed by atoms with Crippen molar-refractivity contribution in [2.45, 2.75) is 64.9 Å². The number of methoxy groups -OCH3 is 1. The second-order valence-electron chi connectivity index (χ2n) is 4.83. The number of hydrogen-bond donors (Lipinski definition) is 0. The molecule has 0 aromatic heterocycles. The lowest BCUT2D eigenvalue weighted by Crippen LogP contribution is -2.18. The van der Waals surface area contributed by atoms with E-state index in [1.165, 1.54) is 6.92 Å². The largest absolute Gasteiger partial charge is 0.466 e. The molecule has 0 aromatic rings. The van der Waals surface area contributed by atoms with Crippen molar-refractivity contribution in [2.75, 3.05) is 20.3 Å². The molecule has 0 saturated carbocycles. The number of esters is 2.